The van der Waals surface area contributed by atoms with Crippen molar-refractivity contribution < 1.29 is 31.2 Å². The second-order valence-electron chi connectivity index (χ2n) is 8.64. The van der Waals surface area contributed by atoms with Gasteiger partial charge in [0, 0.05) is 18.6 Å². The smallest absolute Gasteiger partial charge is 0.357 e. The van der Waals surface area contributed by atoms with Gasteiger partial charge < -0.3 is 10.2 Å². The highest BCUT2D eigenvalue weighted by Gasteiger charge is 2.36. The third kappa shape index (κ3) is 7.07. The molecule has 0 aliphatic carbocycles. The molecule has 13 heteroatoms. The van der Waals surface area contributed by atoms with Gasteiger partial charge in [-0.15, -0.1) is 0 Å². The average Bonchev–Trinajstić information content (AvgIpc) is 2.92. The Bertz CT molecular complexity index is 1470. The van der Waals surface area contributed by atoms with Crippen LogP contribution in [0.5, 0.6) is 0 Å². The highest BCUT2D eigenvalue weighted by Crippen LogP contribution is 2.37. The van der Waals surface area contributed by atoms with Gasteiger partial charge in [-0.1, -0.05) is 66.5 Å². The van der Waals surface area contributed by atoms with Gasteiger partial charge in [0.25, 0.3) is 10.0 Å². The number of halogens is 5. The van der Waals surface area contributed by atoms with E-state index in [1.807, 2.05) is 0 Å². The summed E-state index contributed by atoms with van der Waals surface area (Å²) in [6, 6.07) is 14.7. The number of anilines is 1. The Morgan fingerprint density at radius 1 is 0.950 bits per heavy atom. The Balaban J connectivity index is 2.17. The molecule has 0 saturated heterocycles. The summed E-state index contributed by atoms with van der Waals surface area (Å²) < 4.78 is 68.8. The van der Waals surface area contributed by atoms with Gasteiger partial charge in [-0.05, 0) is 48.4 Å². The predicted molar refractivity (Wildman–Crippen MR) is 148 cm³/mol. The van der Waals surface area contributed by atoms with Crippen LogP contribution in [0, 0.1) is 0 Å². The number of hydrogen-bond donors (Lipinski definition) is 1. The molecule has 0 fully saturated rings. The van der Waals surface area contributed by atoms with Crippen molar-refractivity contribution in [3.63, 3.8) is 0 Å². The quantitative estimate of drug-likeness (QED) is 0.314. The van der Waals surface area contributed by atoms with Crippen molar-refractivity contribution in [1.29, 1.82) is 0 Å². The second-order valence-corrected chi connectivity index (χ2v) is 11.3. The van der Waals surface area contributed by atoms with E-state index in [4.69, 9.17) is 23.2 Å². The zero-order valence-electron chi connectivity index (χ0n) is 21.5. The van der Waals surface area contributed by atoms with Crippen molar-refractivity contribution in [2.45, 2.75) is 37.0 Å². The average molecular weight is 616 g/mol. The maximum absolute atomic E-state index is 13.9. The zero-order chi connectivity index (χ0) is 29.7. The first kappa shape index (κ1) is 31.3. The highest BCUT2D eigenvalue weighted by molar-refractivity contribution is 7.92. The van der Waals surface area contributed by atoms with Crippen LogP contribution in [-0.2, 0) is 32.3 Å². The molecule has 0 aromatic heterocycles. The minimum absolute atomic E-state index is 0.158. The third-order valence-corrected chi connectivity index (χ3v) is 8.55. The maximum atomic E-state index is 13.9. The summed E-state index contributed by atoms with van der Waals surface area (Å²) >= 11 is 12.5. The van der Waals surface area contributed by atoms with Crippen LogP contribution in [0.15, 0.2) is 77.7 Å². The van der Waals surface area contributed by atoms with E-state index in [0.717, 1.165) is 11.0 Å². The van der Waals surface area contributed by atoms with Crippen LogP contribution in [0.1, 0.15) is 24.5 Å². The Labute approximate surface area is 240 Å². The molecule has 0 aliphatic heterocycles. The summed E-state index contributed by atoms with van der Waals surface area (Å²) in [5, 5.41) is 2.47. The Morgan fingerprint density at radius 2 is 1.57 bits per heavy atom. The number of alkyl halides is 3. The van der Waals surface area contributed by atoms with Crippen LogP contribution in [0.4, 0.5) is 18.9 Å². The molecule has 0 bridgehead atoms. The number of carbonyl (C=O) groups is 2. The van der Waals surface area contributed by atoms with E-state index in [2.05, 4.69) is 5.32 Å². The van der Waals surface area contributed by atoms with E-state index < -0.39 is 51.9 Å². The number of likely N-dealkylation sites (N-methyl/N-ethyl adjacent to an activating group) is 1. The Morgan fingerprint density at radius 3 is 2.15 bits per heavy atom. The van der Waals surface area contributed by atoms with Crippen LogP contribution in [-0.4, -0.2) is 44.8 Å². The molecule has 0 radical (unpaired) electrons. The molecule has 0 saturated carbocycles. The number of carbonyl (C=O) groups excluding carboxylic acids is 2. The monoisotopic (exact) mass is 615 g/mol. The van der Waals surface area contributed by atoms with E-state index >= 15 is 0 Å². The molecule has 40 heavy (non-hydrogen) atoms. The number of nitrogens with one attached hydrogen (secondary N) is 1. The zero-order valence-corrected chi connectivity index (χ0v) is 23.8. The van der Waals surface area contributed by atoms with E-state index in [1.54, 1.807) is 37.3 Å². The van der Waals surface area contributed by atoms with Crippen molar-refractivity contribution in [3.05, 3.63) is 94.0 Å². The molecule has 1 N–H and O–H groups in total. The molecule has 3 aromatic carbocycles. The van der Waals surface area contributed by atoms with E-state index in [0.29, 0.717) is 27.0 Å². The lowest BCUT2D eigenvalue weighted by Gasteiger charge is -2.33. The van der Waals surface area contributed by atoms with Gasteiger partial charge in [0.2, 0.25) is 11.8 Å². The number of sulfonamides is 1. The summed E-state index contributed by atoms with van der Waals surface area (Å²) in [7, 11) is -3.21. The standard InChI is InChI=1S/C27H26Cl2F3N3O4S/c1-3-23(26(37)33-2)34(16-18-9-7-8-12-21(18)28)25(36)17-35(40(38,39)20-10-5-4-6-11-20)24-15-19(27(30,31)32)13-14-22(24)29/h4-15,23H,3,16-17H2,1-2H3,(H,33,37)/t23-/m0/s1. The van der Waals surface area contributed by atoms with Gasteiger partial charge in [0.15, 0.2) is 0 Å². The highest BCUT2D eigenvalue weighted by atomic mass is 35.5. The first-order valence-corrected chi connectivity index (χ1v) is 14.2. The fourth-order valence-electron chi connectivity index (χ4n) is 4.01. The van der Waals surface area contributed by atoms with Crippen molar-refractivity contribution in [3.8, 4) is 0 Å². The summed E-state index contributed by atoms with van der Waals surface area (Å²) in [5.41, 5.74) is -1.22. The van der Waals surface area contributed by atoms with E-state index in [9.17, 15) is 31.2 Å². The number of rotatable bonds is 10. The van der Waals surface area contributed by atoms with Gasteiger partial charge in [0.1, 0.15) is 12.6 Å². The van der Waals surface area contributed by atoms with Crippen molar-refractivity contribution in [2.24, 2.45) is 0 Å². The lowest BCUT2D eigenvalue weighted by molar-refractivity contribution is -0.140. The third-order valence-electron chi connectivity index (χ3n) is 6.08. The first-order valence-electron chi connectivity index (χ1n) is 12.0. The minimum Gasteiger partial charge on any atom is -0.357 e. The summed E-state index contributed by atoms with van der Waals surface area (Å²) in [6.07, 6.45) is -4.65. The SMILES string of the molecule is CC[C@@H](C(=O)NC)N(Cc1ccccc1Cl)C(=O)CN(c1cc(C(F)(F)F)ccc1Cl)S(=O)(=O)c1ccccc1. The van der Waals surface area contributed by atoms with Crippen LogP contribution < -0.4 is 9.62 Å². The molecule has 0 aliphatic rings. The Kier molecular flexibility index (Phi) is 10.1. The van der Waals surface area contributed by atoms with Gasteiger partial charge in [-0.2, -0.15) is 13.2 Å². The second kappa shape index (κ2) is 12.9. The number of nitrogens with zero attached hydrogens (tertiary/aromatic N) is 2. The Hall–Kier alpha value is -3.28. The molecule has 1 atom stereocenters. The van der Waals surface area contributed by atoms with E-state index in [-0.39, 0.29) is 22.9 Å². The fraction of sp³-hybridized carbons (Fsp3) is 0.259. The molecule has 214 valence electrons. The molecule has 3 rings (SSSR count). The normalized spacial score (nSPS) is 12.5. The van der Waals surface area contributed by atoms with Crippen LogP contribution in [0.3, 0.4) is 0 Å². The van der Waals surface area contributed by atoms with Gasteiger partial charge in [-0.25, -0.2) is 8.42 Å². The maximum Gasteiger partial charge on any atom is 0.416 e. The molecular formula is C27H26Cl2F3N3O4S. The van der Waals surface area contributed by atoms with Crippen molar-refractivity contribution >= 4 is 50.7 Å². The lowest BCUT2D eigenvalue weighted by Crippen LogP contribution is -2.51. The molecule has 7 nitrogen and oxygen atoms in total. The number of hydrogen-bond acceptors (Lipinski definition) is 4. The molecule has 2 amide bonds. The molecule has 0 unspecified atom stereocenters. The lowest BCUT2D eigenvalue weighted by atomic mass is 10.1. The molecular weight excluding hydrogens is 590 g/mol. The van der Waals surface area contributed by atoms with Crippen LogP contribution in [0.2, 0.25) is 10.0 Å². The summed E-state index contributed by atoms with van der Waals surface area (Å²) in [4.78, 5) is 27.5. The number of benzene rings is 3. The topological polar surface area (TPSA) is 86.8 Å². The minimum atomic E-state index is -4.81. The van der Waals surface area contributed by atoms with Gasteiger partial charge >= 0.3 is 6.18 Å². The molecule has 3 aromatic rings. The van der Waals surface area contributed by atoms with Crippen molar-refractivity contribution in [2.75, 3.05) is 17.9 Å². The predicted octanol–water partition coefficient (Wildman–Crippen LogP) is 5.76. The van der Waals surface area contributed by atoms with Crippen LogP contribution in [0.25, 0.3) is 0 Å². The molecule has 0 heterocycles. The van der Waals surface area contributed by atoms with Gasteiger partial charge in [-0.3, -0.25) is 13.9 Å². The van der Waals surface area contributed by atoms with E-state index in [1.165, 1.54) is 31.3 Å². The summed E-state index contributed by atoms with van der Waals surface area (Å²) in [6.45, 7) is 0.547. The fourth-order valence-corrected chi connectivity index (χ4v) is 5.92. The molecule has 0 spiro atoms. The van der Waals surface area contributed by atoms with Crippen LogP contribution >= 0.6 is 23.2 Å². The first-order chi connectivity index (χ1) is 18.8. The van der Waals surface area contributed by atoms with Gasteiger partial charge in [0.05, 0.1) is 21.2 Å². The van der Waals surface area contributed by atoms with Crippen molar-refractivity contribution in [1.82, 2.24) is 10.2 Å². The number of amides is 2. The largest absolute Gasteiger partial charge is 0.416 e. The summed E-state index contributed by atoms with van der Waals surface area (Å²) in [5.74, 6) is -1.37.